The largest absolute Gasteiger partial charge is 0.416 e. The van der Waals surface area contributed by atoms with Gasteiger partial charge < -0.3 is 10.2 Å². The quantitative estimate of drug-likeness (QED) is 0.729. The van der Waals surface area contributed by atoms with Crippen LogP contribution in [0.2, 0.25) is 0 Å². The van der Waals surface area contributed by atoms with Crippen LogP contribution in [0.1, 0.15) is 44.1 Å². The standard InChI is InChI=1S/C24H32F3N3O/c25-24(26,27)19-2-1-3-21(13-19)30-8-6-29(7-9-30)5-4-28-22(31)16-23-14-17-10-18(15-23)12-20(23)11-17/h1-3,13,17-18,20H,4-12,14-16H2,(H,28,31). The van der Waals surface area contributed by atoms with Crippen LogP contribution < -0.4 is 10.2 Å². The summed E-state index contributed by atoms with van der Waals surface area (Å²) in [6.07, 6.45) is 3.01. The number of nitrogens with zero attached hydrogens (tertiary/aromatic N) is 2. The van der Waals surface area contributed by atoms with Gasteiger partial charge in [-0.05, 0) is 73.5 Å². The number of nitrogens with one attached hydrogen (secondary N) is 1. The Bertz CT molecular complexity index is 805. The van der Waals surface area contributed by atoms with Gasteiger partial charge in [0.2, 0.25) is 5.91 Å². The second-order valence-electron chi connectivity index (χ2n) is 10.3. The average molecular weight is 436 g/mol. The van der Waals surface area contributed by atoms with Gasteiger partial charge in [0.15, 0.2) is 0 Å². The number of halogens is 3. The zero-order valence-corrected chi connectivity index (χ0v) is 18.0. The first-order valence-corrected chi connectivity index (χ1v) is 11.7. The monoisotopic (exact) mass is 435 g/mol. The smallest absolute Gasteiger partial charge is 0.369 e. The predicted molar refractivity (Wildman–Crippen MR) is 114 cm³/mol. The van der Waals surface area contributed by atoms with Crippen molar-refractivity contribution in [2.24, 2.45) is 23.2 Å². The zero-order chi connectivity index (χ0) is 21.6. The Morgan fingerprint density at radius 2 is 1.77 bits per heavy atom. The number of hydrogen-bond acceptors (Lipinski definition) is 3. The van der Waals surface area contributed by atoms with Crippen molar-refractivity contribution in [3.05, 3.63) is 29.8 Å². The second-order valence-corrected chi connectivity index (χ2v) is 10.3. The summed E-state index contributed by atoms with van der Waals surface area (Å²) >= 11 is 0. The molecule has 1 aromatic rings. The Morgan fingerprint density at radius 1 is 1.06 bits per heavy atom. The summed E-state index contributed by atoms with van der Waals surface area (Å²) in [5, 5.41) is 3.14. The summed E-state index contributed by atoms with van der Waals surface area (Å²) < 4.78 is 38.9. The van der Waals surface area contributed by atoms with Crippen molar-refractivity contribution in [1.29, 1.82) is 0 Å². The SMILES string of the molecule is O=C(CC12CC3CC(CC1C3)C2)NCCN1CCN(c2cccc(C(F)(F)F)c2)CC1. The van der Waals surface area contributed by atoms with E-state index in [2.05, 4.69) is 10.2 Å². The van der Waals surface area contributed by atoms with Gasteiger partial charge in [0, 0.05) is 51.4 Å². The summed E-state index contributed by atoms with van der Waals surface area (Å²) in [6.45, 7) is 4.43. The summed E-state index contributed by atoms with van der Waals surface area (Å²) in [6, 6.07) is 5.57. The molecule has 1 saturated heterocycles. The van der Waals surface area contributed by atoms with Crippen LogP contribution in [0.15, 0.2) is 24.3 Å². The van der Waals surface area contributed by atoms with Crippen LogP contribution in [0.25, 0.3) is 0 Å². The van der Waals surface area contributed by atoms with Crippen molar-refractivity contribution >= 4 is 11.6 Å². The minimum Gasteiger partial charge on any atom is -0.369 e. The van der Waals surface area contributed by atoms with E-state index in [1.165, 1.54) is 44.2 Å². The van der Waals surface area contributed by atoms with Crippen LogP contribution in [0.5, 0.6) is 0 Å². The van der Waals surface area contributed by atoms with Crippen molar-refractivity contribution < 1.29 is 18.0 Å². The van der Waals surface area contributed by atoms with Gasteiger partial charge >= 0.3 is 6.18 Å². The molecule has 4 aliphatic carbocycles. The Morgan fingerprint density at radius 3 is 2.45 bits per heavy atom. The van der Waals surface area contributed by atoms with E-state index >= 15 is 0 Å². The number of piperazine rings is 1. The molecule has 5 fully saturated rings. The Labute approximate surface area is 182 Å². The lowest BCUT2D eigenvalue weighted by molar-refractivity contribution is -0.137. The van der Waals surface area contributed by atoms with Gasteiger partial charge in [-0.15, -0.1) is 0 Å². The average Bonchev–Trinajstić information content (AvgIpc) is 3.10. The van der Waals surface area contributed by atoms with Gasteiger partial charge in [0.25, 0.3) is 0 Å². The fourth-order valence-electron chi connectivity index (χ4n) is 7.10. The molecule has 0 radical (unpaired) electrons. The Balaban J connectivity index is 1.05. The molecule has 5 aliphatic rings. The highest BCUT2D eigenvalue weighted by Crippen LogP contribution is 2.66. The van der Waals surface area contributed by atoms with Crippen molar-refractivity contribution in [3.63, 3.8) is 0 Å². The number of carbonyl (C=O) groups excluding carboxylic acids is 1. The van der Waals surface area contributed by atoms with E-state index in [4.69, 9.17) is 0 Å². The lowest BCUT2D eigenvalue weighted by Gasteiger charge is -2.36. The summed E-state index contributed by atoms with van der Waals surface area (Å²) in [5.74, 6) is 2.73. The van der Waals surface area contributed by atoms with E-state index in [9.17, 15) is 18.0 Å². The van der Waals surface area contributed by atoms with Crippen LogP contribution in [0.4, 0.5) is 18.9 Å². The molecule has 31 heavy (non-hydrogen) atoms. The van der Waals surface area contributed by atoms with Gasteiger partial charge in [-0.2, -0.15) is 13.2 Å². The van der Waals surface area contributed by atoms with Gasteiger partial charge in [-0.1, -0.05) is 6.07 Å². The van der Waals surface area contributed by atoms with Crippen molar-refractivity contribution in [2.45, 2.75) is 44.7 Å². The molecule has 4 bridgehead atoms. The van der Waals surface area contributed by atoms with E-state index in [0.717, 1.165) is 43.5 Å². The first-order chi connectivity index (χ1) is 14.8. The number of hydrogen-bond donors (Lipinski definition) is 1. The third kappa shape index (κ3) is 4.30. The Hall–Kier alpha value is -1.76. The molecule has 2 atom stereocenters. The molecule has 2 unspecified atom stereocenters. The van der Waals surface area contributed by atoms with E-state index < -0.39 is 11.7 Å². The lowest BCUT2D eigenvalue weighted by Crippen LogP contribution is -2.48. The maximum absolute atomic E-state index is 13.0. The molecule has 1 amide bonds. The normalized spacial score (nSPS) is 32.6. The number of alkyl halides is 3. The Kier molecular flexibility index (Phi) is 5.43. The minimum atomic E-state index is -4.31. The van der Waals surface area contributed by atoms with Crippen LogP contribution in [-0.2, 0) is 11.0 Å². The van der Waals surface area contributed by atoms with Crippen LogP contribution in [0.3, 0.4) is 0 Å². The molecular formula is C24H32F3N3O. The summed E-state index contributed by atoms with van der Waals surface area (Å²) in [5.41, 5.74) is 0.329. The highest BCUT2D eigenvalue weighted by Gasteiger charge is 2.57. The van der Waals surface area contributed by atoms with E-state index in [1.54, 1.807) is 6.07 Å². The topological polar surface area (TPSA) is 35.6 Å². The molecule has 0 spiro atoms. The zero-order valence-electron chi connectivity index (χ0n) is 18.0. The maximum Gasteiger partial charge on any atom is 0.416 e. The third-order valence-corrected chi connectivity index (χ3v) is 8.33. The highest BCUT2D eigenvalue weighted by atomic mass is 19.4. The van der Waals surface area contributed by atoms with E-state index in [-0.39, 0.29) is 5.91 Å². The first kappa shape index (κ1) is 21.1. The summed E-state index contributed by atoms with van der Waals surface area (Å²) in [7, 11) is 0. The molecule has 4 saturated carbocycles. The molecule has 1 aromatic carbocycles. The van der Waals surface area contributed by atoms with Crippen molar-refractivity contribution in [1.82, 2.24) is 10.2 Å². The highest BCUT2D eigenvalue weighted by molar-refractivity contribution is 5.77. The molecule has 170 valence electrons. The molecule has 7 heteroatoms. The fraction of sp³-hybridized carbons (Fsp3) is 0.708. The van der Waals surface area contributed by atoms with E-state index in [0.29, 0.717) is 37.2 Å². The first-order valence-electron chi connectivity index (χ1n) is 11.7. The lowest BCUT2D eigenvalue weighted by atomic mass is 9.73. The minimum absolute atomic E-state index is 0.204. The fourth-order valence-corrected chi connectivity index (χ4v) is 7.10. The van der Waals surface area contributed by atoms with Gasteiger partial charge in [0.05, 0.1) is 5.56 Å². The number of anilines is 1. The molecule has 1 N–H and O–H groups in total. The molecule has 4 nitrogen and oxygen atoms in total. The molecule has 1 heterocycles. The molecule has 0 aromatic heterocycles. The summed E-state index contributed by atoms with van der Waals surface area (Å²) in [4.78, 5) is 16.9. The van der Waals surface area contributed by atoms with Crippen LogP contribution in [-0.4, -0.2) is 50.1 Å². The van der Waals surface area contributed by atoms with Gasteiger partial charge in [0.1, 0.15) is 0 Å². The molecular weight excluding hydrogens is 403 g/mol. The maximum atomic E-state index is 13.0. The number of benzene rings is 1. The van der Waals surface area contributed by atoms with Crippen molar-refractivity contribution in [2.75, 3.05) is 44.2 Å². The van der Waals surface area contributed by atoms with Gasteiger partial charge in [-0.25, -0.2) is 0 Å². The third-order valence-electron chi connectivity index (χ3n) is 8.33. The molecule has 1 aliphatic heterocycles. The van der Waals surface area contributed by atoms with E-state index in [1.807, 2.05) is 4.90 Å². The van der Waals surface area contributed by atoms with Crippen LogP contribution >= 0.6 is 0 Å². The van der Waals surface area contributed by atoms with Crippen molar-refractivity contribution in [3.8, 4) is 0 Å². The second kappa shape index (κ2) is 7.98. The van der Waals surface area contributed by atoms with Crippen LogP contribution in [0, 0.1) is 23.2 Å². The number of rotatable bonds is 6. The predicted octanol–water partition coefficient (Wildman–Crippen LogP) is 4.16. The molecule has 6 rings (SSSR count). The number of carbonyl (C=O) groups is 1. The number of amides is 1. The van der Waals surface area contributed by atoms with Gasteiger partial charge in [-0.3, -0.25) is 9.69 Å².